The van der Waals surface area contributed by atoms with E-state index in [2.05, 4.69) is 187 Å². The molecule has 0 spiro atoms. The summed E-state index contributed by atoms with van der Waals surface area (Å²) in [6, 6.07) is 55.0. The van der Waals surface area contributed by atoms with E-state index in [-0.39, 0.29) is 0 Å². The van der Waals surface area contributed by atoms with Crippen LogP contribution in [0.3, 0.4) is 0 Å². The minimum absolute atomic E-state index is 0.795. The van der Waals surface area contributed by atoms with Crippen molar-refractivity contribution in [1.82, 2.24) is 0 Å². The van der Waals surface area contributed by atoms with Gasteiger partial charge in [-0.2, -0.15) is 0 Å². The summed E-state index contributed by atoms with van der Waals surface area (Å²) in [4.78, 5) is 4.56. The van der Waals surface area contributed by atoms with Crippen LogP contribution in [0.15, 0.2) is 176 Å². The van der Waals surface area contributed by atoms with Gasteiger partial charge in [-0.25, -0.2) is 0 Å². The maximum absolute atomic E-state index is 6.16. The first-order valence-electron chi connectivity index (χ1n) is 16.7. The highest BCUT2D eigenvalue weighted by Crippen LogP contribution is 2.40. The highest BCUT2D eigenvalue weighted by molar-refractivity contribution is 5.99. The summed E-state index contributed by atoms with van der Waals surface area (Å²) < 4.78 is 0. The van der Waals surface area contributed by atoms with Crippen LogP contribution in [0.25, 0.3) is 27.1 Å². The molecule has 0 fully saturated rings. The molecule has 0 heterocycles. The molecule has 0 bridgehead atoms. The van der Waals surface area contributed by atoms with Crippen molar-refractivity contribution in [1.29, 1.82) is 0 Å². The van der Waals surface area contributed by atoms with E-state index in [0.29, 0.717) is 0 Å². The van der Waals surface area contributed by atoms with Crippen LogP contribution < -0.4 is 9.80 Å². The predicted molar refractivity (Wildman–Crippen MR) is 214 cm³/mol. The van der Waals surface area contributed by atoms with Gasteiger partial charge in [0.25, 0.3) is 0 Å². The number of benzene rings is 7. The first-order valence-corrected chi connectivity index (χ1v) is 16.7. The molecule has 0 radical (unpaired) electrons. The molecule has 7 aromatic carbocycles. The third-order valence-corrected chi connectivity index (χ3v) is 9.04. The van der Waals surface area contributed by atoms with Crippen LogP contribution in [-0.4, -0.2) is 0 Å². The van der Waals surface area contributed by atoms with Crippen LogP contribution in [-0.2, 0) is 0 Å². The SMILES string of the molecule is C#C/C(=C\C=C(/C)N(c1ccc(C#C)cc1)c1cccc2ccccc12)c1ccc(N(c2ccc(C)cc2)c2cccc3ccccc23)cc1. The summed E-state index contributed by atoms with van der Waals surface area (Å²) in [5.41, 5.74) is 10.2. The second kappa shape index (κ2) is 14.2. The zero-order chi connectivity index (χ0) is 34.5. The Labute approximate surface area is 295 Å². The van der Waals surface area contributed by atoms with E-state index in [4.69, 9.17) is 12.8 Å². The number of hydrogen-bond donors (Lipinski definition) is 0. The van der Waals surface area contributed by atoms with Gasteiger partial charge in [-0.05, 0) is 103 Å². The van der Waals surface area contributed by atoms with Gasteiger partial charge >= 0.3 is 0 Å². The van der Waals surface area contributed by atoms with E-state index in [1.165, 1.54) is 21.7 Å². The Morgan fingerprint density at radius 2 is 1.06 bits per heavy atom. The fraction of sp³-hybridized carbons (Fsp3) is 0.0417. The number of aryl methyl sites for hydroxylation is 1. The standard InChI is InChI=1S/C48H36N2/c1-5-37-24-31-42(32-25-37)49(47-19-11-15-40-13-7-9-17-45(40)47)36(4)23-26-38(6-2)39-27-33-44(34-28-39)50(43-29-21-35(3)22-30-43)48-20-12-16-41-14-8-10-18-46(41)48/h1-2,7-34H,3-4H3/b36-23+,38-26+. The molecule has 2 heteroatoms. The molecule has 2 nitrogen and oxygen atoms in total. The number of nitrogens with zero attached hydrogens (tertiary/aromatic N) is 2. The van der Waals surface area contributed by atoms with E-state index >= 15 is 0 Å². The van der Waals surface area contributed by atoms with Gasteiger partial charge in [0, 0.05) is 44.7 Å². The van der Waals surface area contributed by atoms with Gasteiger partial charge in [-0.1, -0.05) is 114 Å². The zero-order valence-corrected chi connectivity index (χ0v) is 28.2. The lowest BCUT2D eigenvalue weighted by Gasteiger charge is -2.27. The fourth-order valence-electron chi connectivity index (χ4n) is 6.46. The first kappa shape index (κ1) is 31.8. The van der Waals surface area contributed by atoms with Crippen LogP contribution in [0.2, 0.25) is 0 Å². The minimum atomic E-state index is 0.795. The molecule has 0 aromatic heterocycles. The minimum Gasteiger partial charge on any atom is -0.314 e. The Hall–Kier alpha value is -6.74. The molecule has 0 N–H and O–H groups in total. The Balaban J connectivity index is 1.27. The Kier molecular flexibility index (Phi) is 9.02. The lowest BCUT2D eigenvalue weighted by molar-refractivity contribution is 1.16. The lowest BCUT2D eigenvalue weighted by Crippen LogP contribution is -2.14. The number of rotatable bonds is 8. The molecule has 50 heavy (non-hydrogen) atoms. The van der Waals surface area contributed by atoms with Crippen molar-refractivity contribution in [2.45, 2.75) is 13.8 Å². The van der Waals surface area contributed by atoms with Crippen LogP contribution in [0, 0.1) is 31.6 Å². The average Bonchev–Trinajstić information content (AvgIpc) is 3.17. The molecule has 0 saturated heterocycles. The van der Waals surface area contributed by atoms with E-state index in [1.807, 2.05) is 18.2 Å². The molecule has 0 atom stereocenters. The second-order valence-corrected chi connectivity index (χ2v) is 12.3. The Morgan fingerprint density at radius 1 is 0.540 bits per heavy atom. The normalized spacial score (nSPS) is 11.6. The molecule has 238 valence electrons. The summed E-state index contributed by atoms with van der Waals surface area (Å²) >= 11 is 0. The van der Waals surface area contributed by atoms with Crippen molar-refractivity contribution in [2.24, 2.45) is 0 Å². The smallest absolute Gasteiger partial charge is 0.0540 e. The maximum Gasteiger partial charge on any atom is 0.0540 e. The van der Waals surface area contributed by atoms with Crippen LogP contribution >= 0.6 is 0 Å². The van der Waals surface area contributed by atoms with E-state index in [9.17, 15) is 0 Å². The van der Waals surface area contributed by atoms with Gasteiger partial charge in [0.1, 0.15) is 0 Å². The van der Waals surface area contributed by atoms with Gasteiger partial charge in [0.2, 0.25) is 0 Å². The van der Waals surface area contributed by atoms with Crippen LogP contribution in [0.4, 0.5) is 28.4 Å². The molecule has 7 aromatic rings. The molecular weight excluding hydrogens is 605 g/mol. The number of hydrogen-bond acceptors (Lipinski definition) is 2. The molecule has 0 aliphatic rings. The summed E-state index contributed by atoms with van der Waals surface area (Å²) in [5.74, 6) is 5.67. The fourth-order valence-corrected chi connectivity index (χ4v) is 6.46. The number of terminal acetylenes is 2. The molecule has 0 aliphatic heterocycles. The molecule has 0 saturated carbocycles. The van der Waals surface area contributed by atoms with Crippen molar-refractivity contribution in [3.8, 4) is 24.7 Å². The van der Waals surface area contributed by atoms with E-state index in [0.717, 1.165) is 56.2 Å². The molecule has 0 amide bonds. The van der Waals surface area contributed by atoms with Crippen LogP contribution in [0.1, 0.15) is 23.6 Å². The van der Waals surface area contributed by atoms with Crippen molar-refractivity contribution in [2.75, 3.05) is 9.80 Å². The topological polar surface area (TPSA) is 6.48 Å². The van der Waals surface area contributed by atoms with Crippen LogP contribution in [0.5, 0.6) is 0 Å². The summed E-state index contributed by atoms with van der Waals surface area (Å²) in [6.45, 7) is 4.22. The van der Waals surface area contributed by atoms with Gasteiger partial charge in [0.15, 0.2) is 0 Å². The van der Waals surface area contributed by atoms with Crippen molar-refractivity contribution in [3.05, 3.63) is 192 Å². The average molecular weight is 641 g/mol. The van der Waals surface area contributed by atoms with Gasteiger partial charge in [-0.3, -0.25) is 0 Å². The molecule has 0 unspecified atom stereocenters. The predicted octanol–water partition coefficient (Wildman–Crippen LogP) is 12.5. The Bertz CT molecular complexity index is 2440. The second-order valence-electron chi connectivity index (χ2n) is 12.3. The monoisotopic (exact) mass is 640 g/mol. The van der Waals surface area contributed by atoms with E-state index < -0.39 is 0 Å². The molecule has 0 aliphatic carbocycles. The molecular formula is C48H36N2. The summed E-state index contributed by atoms with van der Waals surface area (Å²) in [5, 5.41) is 4.72. The number of anilines is 5. The Morgan fingerprint density at radius 3 is 1.66 bits per heavy atom. The van der Waals surface area contributed by atoms with Gasteiger partial charge in [0.05, 0.1) is 11.4 Å². The third-order valence-electron chi connectivity index (χ3n) is 9.04. The summed E-state index contributed by atoms with van der Waals surface area (Å²) in [6.07, 6.45) is 16.0. The molecule has 7 rings (SSSR count). The van der Waals surface area contributed by atoms with Crippen molar-refractivity contribution >= 4 is 55.6 Å². The van der Waals surface area contributed by atoms with Gasteiger partial charge in [-0.15, -0.1) is 12.8 Å². The largest absolute Gasteiger partial charge is 0.314 e. The summed E-state index contributed by atoms with van der Waals surface area (Å²) in [7, 11) is 0. The first-order chi connectivity index (χ1) is 24.5. The maximum atomic E-state index is 6.16. The number of allylic oxidation sites excluding steroid dienone is 4. The highest BCUT2D eigenvalue weighted by Gasteiger charge is 2.17. The van der Waals surface area contributed by atoms with E-state index in [1.54, 1.807) is 0 Å². The van der Waals surface area contributed by atoms with Gasteiger partial charge < -0.3 is 9.80 Å². The quantitative estimate of drug-likeness (QED) is 0.120. The lowest BCUT2D eigenvalue weighted by atomic mass is 10.0. The highest BCUT2D eigenvalue weighted by atomic mass is 15.1. The zero-order valence-electron chi connectivity index (χ0n) is 28.2. The van der Waals surface area contributed by atoms with Crippen molar-refractivity contribution in [3.63, 3.8) is 0 Å². The third kappa shape index (κ3) is 6.40. The number of fused-ring (bicyclic) bond motifs is 2. The van der Waals surface area contributed by atoms with Crippen molar-refractivity contribution < 1.29 is 0 Å².